The molecule has 0 aliphatic heterocycles. The van der Waals surface area contributed by atoms with Gasteiger partial charge in [0.25, 0.3) is 0 Å². The first-order valence-electron chi connectivity index (χ1n) is 7.23. The molecule has 0 saturated heterocycles. The maximum Gasteiger partial charge on any atom is 0.326 e. The zero-order chi connectivity index (χ0) is 15.2. The standard InChI is InChI=1S/C16H21NO4/c1-21-13-7-4-11(5-8-13)6-9-15(18)17-14(16(19)20)10-12-2-3-12/h4-5,7-8,12,14H,2-3,6,9-10H2,1H3,(H,17,18)(H,19,20). The SMILES string of the molecule is COc1ccc(CCC(=O)NC(CC2CC2)C(=O)O)cc1. The summed E-state index contributed by atoms with van der Waals surface area (Å²) in [6, 6.07) is 6.76. The van der Waals surface area contributed by atoms with E-state index in [1.807, 2.05) is 24.3 Å². The molecule has 1 atom stereocenters. The third kappa shape index (κ3) is 5.10. The van der Waals surface area contributed by atoms with Crippen molar-refractivity contribution >= 4 is 11.9 Å². The average Bonchev–Trinajstić information content (AvgIpc) is 3.29. The summed E-state index contributed by atoms with van der Waals surface area (Å²) in [7, 11) is 1.61. The lowest BCUT2D eigenvalue weighted by atomic mass is 10.1. The second kappa shape index (κ2) is 7.11. The monoisotopic (exact) mass is 291 g/mol. The Morgan fingerprint density at radius 2 is 2.00 bits per heavy atom. The molecule has 1 aromatic carbocycles. The highest BCUT2D eigenvalue weighted by Gasteiger charge is 2.29. The van der Waals surface area contributed by atoms with Gasteiger partial charge in [0, 0.05) is 6.42 Å². The molecule has 0 spiro atoms. The third-order valence-electron chi connectivity index (χ3n) is 3.70. The number of carbonyl (C=O) groups is 2. The second-order valence-corrected chi connectivity index (χ2v) is 5.49. The van der Waals surface area contributed by atoms with Gasteiger partial charge in [-0.2, -0.15) is 0 Å². The molecule has 1 amide bonds. The van der Waals surface area contributed by atoms with Crippen molar-refractivity contribution in [1.82, 2.24) is 5.32 Å². The summed E-state index contributed by atoms with van der Waals surface area (Å²) >= 11 is 0. The third-order valence-corrected chi connectivity index (χ3v) is 3.70. The van der Waals surface area contributed by atoms with Crippen LogP contribution in [0.2, 0.25) is 0 Å². The van der Waals surface area contributed by atoms with Crippen LogP contribution in [0.3, 0.4) is 0 Å². The van der Waals surface area contributed by atoms with Crippen molar-refractivity contribution in [3.05, 3.63) is 29.8 Å². The first kappa shape index (κ1) is 15.4. The van der Waals surface area contributed by atoms with E-state index >= 15 is 0 Å². The summed E-state index contributed by atoms with van der Waals surface area (Å²) in [6.45, 7) is 0. The quantitative estimate of drug-likeness (QED) is 0.768. The van der Waals surface area contributed by atoms with Crippen LogP contribution in [0.25, 0.3) is 0 Å². The van der Waals surface area contributed by atoms with E-state index in [0.29, 0.717) is 25.2 Å². The number of methoxy groups -OCH3 is 1. The van der Waals surface area contributed by atoms with E-state index in [4.69, 9.17) is 9.84 Å². The number of benzene rings is 1. The summed E-state index contributed by atoms with van der Waals surface area (Å²) in [5.74, 6) is 0.0881. The van der Waals surface area contributed by atoms with E-state index in [-0.39, 0.29) is 5.91 Å². The van der Waals surface area contributed by atoms with Gasteiger partial charge in [0.2, 0.25) is 5.91 Å². The number of ether oxygens (including phenoxy) is 1. The highest BCUT2D eigenvalue weighted by molar-refractivity contribution is 5.83. The molecule has 5 nitrogen and oxygen atoms in total. The molecule has 1 aliphatic rings. The van der Waals surface area contributed by atoms with Crippen LogP contribution in [0.5, 0.6) is 5.75 Å². The number of carboxylic acid groups (broad SMARTS) is 1. The number of hydrogen-bond acceptors (Lipinski definition) is 3. The van der Waals surface area contributed by atoms with Gasteiger partial charge in [0.15, 0.2) is 0 Å². The Hall–Kier alpha value is -2.04. The predicted octanol–water partition coefficient (Wildman–Crippen LogP) is 2.00. The Bertz CT molecular complexity index is 494. The highest BCUT2D eigenvalue weighted by atomic mass is 16.5. The molecule has 1 aromatic rings. The minimum atomic E-state index is -0.945. The highest BCUT2D eigenvalue weighted by Crippen LogP contribution is 2.33. The number of amides is 1. The van der Waals surface area contributed by atoms with E-state index in [9.17, 15) is 9.59 Å². The first-order chi connectivity index (χ1) is 10.1. The topological polar surface area (TPSA) is 75.6 Å². The Morgan fingerprint density at radius 1 is 1.33 bits per heavy atom. The average molecular weight is 291 g/mol. The fourth-order valence-electron chi connectivity index (χ4n) is 2.22. The number of hydrogen-bond donors (Lipinski definition) is 2. The number of nitrogens with one attached hydrogen (secondary N) is 1. The molecule has 21 heavy (non-hydrogen) atoms. The van der Waals surface area contributed by atoms with Crippen molar-refractivity contribution in [2.24, 2.45) is 5.92 Å². The molecule has 1 saturated carbocycles. The Morgan fingerprint density at radius 3 is 2.52 bits per heavy atom. The van der Waals surface area contributed by atoms with E-state index in [2.05, 4.69) is 5.32 Å². The van der Waals surface area contributed by atoms with Crippen LogP contribution in [0.4, 0.5) is 0 Å². The van der Waals surface area contributed by atoms with E-state index in [1.54, 1.807) is 7.11 Å². The minimum absolute atomic E-state index is 0.209. The molecule has 0 bridgehead atoms. The second-order valence-electron chi connectivity index (χ2n) is 5.49. The molecular weight excluding hydrogens is 270 g/mol. The van der Waals surface area contributed by atoms with Gasteiger partial charge in [-0.15, -0.1) is 0 Å². The number of aryl methyl sites for hydroxylation is 1. The summed E-state index contributed by atoms with van der Waals surface area (Å²) in [5, 5.41) is 11.7. The molecule has 0 heterocycles. The van der Waals surface area contributed by atoms with Gasteiger partial charge in [-0.1, -0.05) is 25.0 Å². The van der Waals surface area contributed by atoms with Crippen LogP contribution in [-0.2, 0) is 16.0 Å². The summed E-state index contributed by atoms with van der Waals surface area (Å²) in [6.07, 6.45) is 3.58. The molecule has 2 rings (SSSR count). The van der Waals surface area contributed by atoms with Crippen molar-refractivity contribution < 1.29 is 19.4 Å². The first-order valence-corrected chi connectivity index (χ1v) is 7.23. The zero-order valence-corrected chi connectivity index (χ0v) is 12.2. The summed E-state index contributed by atoms with van der Waals surface area (Å²) in [5.41, 5.74) is 1.03. The normalized spacial score (nSPS) is 15.3. The maximum atomic E-state index is 11.9. The lowest BCUT2D eigenvalue weighted by molar-refractivity contribution is -0.142. The van der Waals surface area contributed by atoms with Crippen LogP contribution in [0.15, 0.2) is 24.3 Å². The van der Waals surface area contributed by atoms with Crippen molar-refractivity contribution in [2.45, 2.75) is 38.1 Å². The molecule has 2 N–H and O–H groups in total. The van der Waals surface area contributed by atoms with Crippen molar-refractivity contribution in [1.29, 1.82) is 0 Å². The molecule has 0 aromatic heterocycles. The number of aliphatic carboxylic acids is 1. The molecule has 1 fully saturated rings. The molecule has 0 radical (unpaired) electrons. The summed E-state index contributed by atoms with van der Waals surface area (Å²) < 4.78 is 5.07. The fourth-order valence-corrected chi connectivity index (χ4v) is 2.22. The van der Waals surface area contributed by atoms with Crippen molar-refractivity contribution in [3.63, 3.8) is 0 Å². The number of carboxylic acids is 1. The van der Waals surface area contributed by atoms with Crippen LogP contribution in [-0.4, -0.2) is 30.1 Å². The van der Waals surface area contributed by atoms with Gasteiger partial charge in [0.1, 0.15) is 11.8 Å². The van der Waals surface area contributed by atoms with Gasteiger partial charge in [0.05, 0.1) is 7.11 Å². The largest absolute Gasteiger partial charge is 0.497 e. The van der Waals surface area contributed by atoms with E-state index in [1.165, 1.54) is 0 Å². The molecule has 114 valence electrons. The Kier molecular flexibility index (Phi) is 5.20. The van der Waals surface area contributed by atoms with Crippen molar-refractivity contribution in [3.8, 4) is 5.75 Å². The molecule has 1 unspecified atom stereocenters. The fraction of sp³-hybridized carbons (Fsp3) is 0.500. The van der Waals surface area contributed by atoms with Gasteiger partial charge in [-0.05, 0) is 36.5 Å². The summed E-state index contributed by atoms with van der Waals surface area (Å²) in [4.78, 5) is 23.0. The molecule has 5 heteroatoms. The lowest BCUT2D eigenvalue weighted by Gasteiger charge is -2.14. The van der Waals surface area contributed by atoms with Crippen LogP contribution in [0, 0.1) is 5.92 Å². The smallest absolute Gasteiger partial charge is 0.326 e. The van der Waals surface area contributed by atoms with Crippen LogP contribution < -0.4 is 10.1 Å². The Balaban J connectivity index is 1.78. The maximum absolute atomic E-state index is 11.9. The number of rotatable bonds is 8. The van der Waals surface area contributed by atoms with Gasteiger partial charge in [-0.3, -0.25) is 4.79 Å². The lowest BCUT2D eigenvalue weighted by Crippen LogP contribution is -2.41. The molecular formula is C16H21NO4. The van der Waals surface area contributed by atoms with Crippen LogP contribution in [0.1, 0.15) is 31.2 Å². The molecule has 1 aliphatic carbocycles. The van der Waals surface area contributed by atoms with Crippen molar-refractivity contribution in [2.75, 3.05) is 7.11 Å². The van der Waals surface area contributed by atoms with Gasteiger partial charge < -0.3 is 15.2 Å². The van der Waals surface area contributed by atoms with E-state index in [0.717, 1.165) is 24.2 Å². The van der Waals surface area contributed by atoms with Gasteiger partial charge in [-0.25, -0.2) is 4.79 Å². The van der Waals surface area contributed by atoms with Crippen LogP contribution >= 0.6 is 0 Å². The Labute approximate surface area is 124 Å². The van der Waals surface area contributed by atoms with Gasteiger partial charge >= 0.3 is 5.97 Å². The predicted molar refractivity (Wildman–Crippen MR) is 78.2 cm³/mol. The minimum Gasteiger partial charge on any atom is -0.497 e. The zero-order valence-electron chi connectivity index (χ0n) is 12.2. The van der Waals surface area contributed by atoms with E-state index < -0.39 is 12.0 Å². The number of carbonyl (C=O) groups excluding carboxylic acids is 1.